The van der Waals surface area contributed by atoms with E-state index >= 15 is 0 Å². The third kappa shape index (κ3) is 3.70. The molecule has 1 heterocycles. The Kier molecular flexibility index (Phi) is 4.43. The van der Waals surface area contributed by atoms with Crippen molar-refractivity contribution in [3.05, 3.63) is 29.4 Å². The van der Waals surface area contributed by atoms with E-state index in [4.69, 9.17) is 11.6 Å². The van der Waals surface area contributed by atoms with Crippen LogP contribution in [0.1, 0.15) is 20.3 Å². The Bertz CT molecular complexity index is 577. The van der Waals surface area contributed by atoms with Gasteiger partial charge in [-0.15, -0.1) is 0 Å². The molecule has 0 unspecified atom stereocenters. The lowest BCUT2D eigenvalue weighted by molar-refractivity contribution is -0.121. The first-order valence-corrected chi connectivity index (χ1v) is 6.82. The quantitative estimate of drug-likeness (QED) is 0.915. The van der Waals surface area contributed by atoms with Gasteiger partial charge < -0.3 is 5.32 Å². The van der Waals surface area contributed by atoms with Gasteiger partial charge in [-0.05, 0) is 24.1 Å². The Balaban J connectivity index is 1.98. The molecule has 0 saturated carbocycles. The lowest BCUT2D eigenvalue weighted by Gasteiger charge is -2.08. The van der Waals surface area contributed by atoms with Crippen molar-refractivity contribution >= 4 is 28.4 Å². The summed E-state index contributed by atoms with van der Waals surface area (Å²) in [7, 11) is 0. The van der Waals surface area contributed by atoms with E-state index in [0.717, 1.165) is 10.9 Å². The van der Waals surface area contributed by atoms with Gasteiger partial charge in [-0.25, -0.2) is 0 Å². The molecule has 0 spiro atoms. The van der Waals surface area contributed by atoms with E-state index in [-0.39, 0.29) is 5.91 Å². The molecule has 102 valence electrons. The van der Waals surface area contributed by atoms with Crippen LogP contribution in [0, 0.1) is 5.92 Å². The number of hydrogen-bond acceptors (Lipinski definition) is 2. The van der Waals surface area contributed by atoms with Crippen LogP contribution in [0.5, 0.6) is 0 Å². The molecule has 0 radical (unpaired) electrons. The van der Waals surface area contributed by atoms with Crippen LogP contribution in [0.4, 0.5) is 0 Å². The molecule has 2 rings (SSSR count). The number of amides is 1. The van der Waals surface area contributed by atoms with E-state index in [1.165, 1.54) is 0 Å². The topological polar surface area (TPSA) is 46.9 Å². The lowest BCUT2D eigenvalue weighted by atomic mass is 10.2. The minimum Gasteiger partial charge on any atom is -0.356 e. The van der Waals surface area contributed by atoms with Crippen LogP contribution in [-0.2, 0) is 11.3 Å². The van der Waals surface area contributed by atoms with Gasteiger partial charge >= 0.3 is 0 Å². The summed E-state index contributed by atoms with van der Waals surface area (Å²) in [6, 6.07) is 5.64. The molecule has 0 saturated heterocycles. The van der Waals surface area contributed by atoms with Gasteiger partial charge in [0.05, 0.1) is 18.3 Å². The van der Waals surface area contributed by atoms with Gasteiger partial charge in [0.15, 0.2) is 0 Å². The van der Waals surface area contributed by atoms with Crippen molar-refractivity contribution in [2.45, 2.75) is 26.8 Å². The van der Waals surface area contributed by atoms with Gasteiger partial charge in [0.1, 0.15) is 0 Å². The van der Waals surface area contributed by atoms with Crippen LogP contribution in [0.3, 0.4) is 0 Å². The van der Waals surface area contributed by atoms with Crippen molar-refractivity contribution in [1.82, 2.24) is 15.1 Å². The fraction of sp³-hybridized carbons (Fsp3) is 0.429. The predicted molar refractivity (Wildman–Crippen MR) is 77.2 cm³/mol. The lowest BCUT2D eigenvalue weighted by Crippen LogP contribution is -2.28. The van der Waals surface area contributed by atoms with Crippen LogP contribution in [-0.4, -0.2) is 22.2 Å². The van der Waals surface area contributed by atoms with E-state index in [1.54, 1.807) is 6.20 Å². The fourth-order valence-electron chi connectivity index (χ4n) is 1.84. The maximum atomic E-state index is 11.7. The van der Waals surface area contributed by atoms with Crippen molar-refractivity contribution in [2.24, 2.45) is 5.92 Å². The Morgan fingerprint density at radius 1 is 1.47 bits per heavy atom. The molecule has 4 nitrogen and oxygen atoms in total. The van der Waals surface area contributed by atoms with Gasteiger partial charge in [0.2, 0.25) is 5.91 Å². The third-order valence-corrected chi connectivity index (χ3v) is 3.10. The number of nitrogens with zero attached hydrogens (tertiary/aromatic N) is 2. The molecule has 0 aliphatic carbocycles. The number of benzene rings is 1. The molecule has 0 bridgehead atoms. The molecular formula is C14H18ClN3O. The molecule has 0 aliphatic heterocycles. The summed E-state index contributed by atoms with van der Waals surface area (Å²) in [5.41, 5.74) is 0.962. The van der Waals surface area contributed by atoms with Gasteiger partial charge in [0.25, 0.3) is 0 Å². The van der Waals surface area contributed by atoms with E-state index in [9.17, 15) is 4.79 Å². The van der Waals surface area contributed by atoms with Gasteiger partial charge in [-0.3, -0.25) is 9.48 Å². The molecule has 19 heavy (non-hydrogen) atoms. The highest BCUT2D eigenvalue weighted by atomic mass is 35.5. The number of aromatic nitrogens is 2. The second-order valence-electron chi connectivity index (χ2n) is 5.02. The highest BCUT2D eigenvalue weighted by molar-refractivity contribution is 6.31. The van der Waals surface area contributed by atoms with E-state index in [1.807, 2.05) is 22.9 Å². The van der Waals surface area contributed by atoms with Gasteiger partial charge in [0, 0.05) is 23.4 Å². The van der Waals surface area contributed by atoms with Crippen molar-refractivity contribution in [3.63, 3.8) is 0 Å². The Morgan fingerprint density at radius 3 is 3.00 bits per heavy atom. The van der Waals surface area contributed by atoms with Gasteiger partial charge in [-0.1, -0.05) is 25.4 Å². The second kappa shape index (κ2) is 6.06. The van der Waals surface area contributed by atoms with Crippen LogP contribution in [0.25, 0.3) is 10.9 Å². The van der Waals surface area contributed by atoms with Crippen LogP contribution < -0.4 is 5.32 Å². The van der Waals surface area contributed by atoms with E-state index in [2.05, 4.69) is 24.3 Å². The number of fused-ring (bicyclic) bond motifs is 1. The molecule has 5 heteroatoms. The zero-order chi connectivity index (χ0) is 13.8. The number of aryl methyl sites for hydroxylation is 1. The Morgan fingerprint density at radius 2 is 2.26 bits per heavy atom. The molecular weight excluding hydrogens is 262 g/mol. The van der Waals surface area contributed by atoms with Crippen LogP contribution >= 0.6 is 11.6 Å². The highest BCUT2D eigenvalue weighted by Crippen LogP contribution is 2.19. The average Bonchev–Trinajstić information content (AvgIpc) is 2.76. The standard InChI is InChI=1S/C14H18ClN3O/c1-10(2)8-16-14(19)5-6-18-13-7-12(15)4-3-11(13)9-17-18/h3-4,7,9-10H,5-6,8H2,1-2H3,(H,16,19). The Hall–Kier alpha value is -1.55. The molecule has 1 aromatic heterocycles. The number of halogens is 1. The summed E-state index contributed by atoms with van der Waals surface area (Å²) in [5.74, 6) is 0.521. The zero-order valence-electron chi connectivity index (χ0n) is 11.2. The monoisotopic (exact) mass is 279 g/mol. The summed E-state index contributed by atoms with van der Waals surface area (Å²) < 4.78 is 1.82. The molecule has 0 aliphatic rings. The van der Waals surface area contributed by atoms with E-state index in [0.29, 0.717) is 30.5 Å². The first-order chi connectivity index (χ1) is 9.06. The summed E-state index contributed by atoms with van der Waals surface area (Å²) in [6.45, 7) is 5.42. The van der Waals surface area contributed by atoms with E-state index < -0.39 is 0 Å². The summed E-state index contributed by atoms with van der Waals surface area (Å²) in [5, 5.41) is 8.89. The molecule has 0 fully saturated rings. The third-order valence-electron chi connectivity index (χ3n) is 2.86. The number of carbonyl (C=O) groups excluding carboxylic acids is 1. The first-order valence-electron chi connectivity index (χ1n) is 6.44. The smallest absolute Gasteiger partial charge is 0.221 e. The highest BCUT2D eigenvalue weighted by Gasteiger charge is 2.06. The second-order valence-corrected chi connectivity index (χ2v) is 5.46. The largest absolute Gasteiger partial charge is 0.356 e. The summed E-state index contributed by atoms with van der Waals surface area (Å²) in [4.78, 5) is 11.7. The van der Waals surface area contributed by atoms with Crippen molar-refractivity contribution in [2.75, 3.05) is 6.54 Å². The number of nitrogens with one attached hydrogen (secondary N) is 1. The minimum absolute atomic E-state index is 0.0550. The molecule has 0 atom stereocenters. The van der Waals surface area contributed by atoms with Gasteiger partial charge in [-0.2, -0.15) is 5.10 Å². The van der Waals surface area contributed by atoms with Crippen LogP contribution in [0.15, 0.2) is 24.4 Å². The fourth-order valence-corrected chi connectivity index (χ4v) is 2.00. The number of rotatable bonds is 5. The van der Waals surface area contributed by atoms with Crippen molar-refractivity contribution in [3.8, 4) is 0 Å². The maximum absolute atomic E-state index is 11.7. The van der Waals surface area contributed by atoms with Crippen molar-refractivity contribution < 1.29 is 4.79 Å². The number of hydrogen-bond donors (Lipinski definition) is 1. The zero-order valence-corrected chi connectivity index (χ0v) is 11.9. The van der Waals surface area contributed by atoms with Crippen LogP contribution in [0.2, 0.25) is 5.02 Å². The SMILES string of the molecule is CC(C)CNC(=O)CCn1ncc2ccc(Cl)cc21. The van der Waals surface area contributed by atoms with Crippen molar-refractivity contribution in [1.29, 1.82) is 0 Å². The molecule has 1 aromatic carbocycles. The molecule has 1 amide bonds. The molecule has 1 N–H and O–H groups in total. The Labute approximate surface area is 117 Å². The predicted octanol–water partition coefficient (Wildman–Crippen LogP) is 2.85. The summed E-state index contributed by atoms with van der Waals surface area (Å²) in [6.07, 6.45) is 2.22. The average molecular weight is 280 g/mol. The first kappa shape index (κ1) is 13.9. The minimum atomic E-state index is 0.0550. The summed E-state index contributed by atoms with van der Waals surface area (Å²) >= 11 is 5.97. The maximum Gasteiger partial charge on any atom is 0.221 e. The number of carbonyl (C=O) groups is 1. The molecule has 2 aromatic rings. The normalized spacial score (nSPS) is 11.2.